The van der Waals surface area contributed by atoms with E-state index in [-0.39, 0.29) is 0 Å². The van der Waals surface area contributed by atoms with E-state index in [4.69, 9.17) is 0 Å². The Morgan fingerprint density at radius 2 is 1.79 bits per heavy atom. The number of nitrogens with zero attached hydrogens (tertiary/aromatic N) is 1. The molecule has 19 heavy (non-hydrogen) atoms. The van der Waals surface area contributed by atoms with Gasteiger partial charge in [-0.2, -0.15) is 0 Å². The Morgan fingerprint density at radius 3 is 2.58 bits per heavy atom. The first kappa shape index (κ1) is 14.0. The number of rotatable bonds is 6. The second-order valence-corrected chi connectivity index (χ2v) is 5.75. The Labute approximate surface area is 116 Å². The van der Waals surface area contributed by atoms with Crippen molar-refractivity contribution in [2.45, 2.75) is 46.2 Å². The van der Waals surface area contributed by atoms with Crippen molar-refractivity contribution in [3.8, 4) is 0 Å². The molecule has 0 radical (unpaired) electrons. The Kier molecular flexibility index (Phi) is 4.92. The van der Waals surface area contributed by atoms with Crippen molar-refractivity contribution in [1.82, 2.24) is 10.3 Å². The van der Waals surface area contributed by atoms with E-state index in [9.17, 15) is 0 Å². The van der Waals surface area contributed by atoms with Crippen molar-refractivity contribution >= 4 is 10.9 Å². The van der Waals surface area contributed by atoms with E-state index in [2.05, 4.69) is 61.4 Å². The maximum atomic E-state index is 4.68. The second-order valence-electron chi connectivity index (χ2n) is 5.75. The van der Waals surface area contributed by atoms with E-state index in [1.807, 2.05) is 6.07 Å². The van der Waals surface area contributed by atoms with E-state index in [1.165, 1.54) is 18.2 Å². The molecule has 0 amide bonds. The minimum atomic E-state index is 0.552. The van der Waals surface area contributed by atoms with Gasteiger partial charge in [0.05, 0.1) is 11.2 Å². The highest BCUT2D eigenvalue weighted by Crippen LogP contribution is 2.12. The number of hydrogen-bond donors (Lipinski definition) is 1. The van der Waals surface area contributed by atoms with Crippen LogP contribution in [0.15, 0.2) is 36.4 Å². The van der Waals surface area contributed by atoms with Gasteiger partial charge in [-0.05, 0) is 37.8 Å². The van der Waals surface area contributed by atoms with Crippen LogP contribution in [0.3, 0.4) is 0 Å². The lowest BCUT2D eigenvalue weighted by Gasteiger charge is -2.14. The van der Waals surface area contributed by atoms with Crippen LogP contribution < -0.4 is 5.32 Å². The van der Waals surface area contributed by atoms with Gasteiger partial charge in [-0.1, -0.05) is 38.1 Å². The summed E-state index contributed by atoms with van der Waals surface area (Å²) >= 11 is 0. The molecule has 1 heterocycles. The van der Waals surface area contributed by atoms with E-state index >= 15 is 0 Å². The van der Waals surface area contributed by atoms with Gasteiger partial charge < -0.3 is 5.32 Å². The van der Waals surface area contributed by atoms with E-state index < -0.39 is 0 Å². The Morgan fingerprint density at radius 1 is 1.00 bits per heavy atom. The molecule has 0 aliphatic heterocycles. The number of benzene rings is 1. The lowest BCUT2D eigenvalue weighted by Crippen LogP contribution is -2.26. The molecule has 1 atom stereocenters. The molecule has 1 N–H and O–H groups in total. The summed E-state index contributed by atoms with van der Waals surface area (Å²) in [5.74, 6) is 0.781. The molecule has 0 saturated heterocycles. The van der Waals surface area contributed by atoms with Gasteiger partial charge in [-0.15, -0.1) is 0 Å². The molecular formula is C17H24N2. The quantitative estimate of drug-likeness (QED) is 0.840. The maximum absolute atomic E-state index is 4.68. The smallest absolute Gasteiger partial charge is 0.0705 e. The van der Waals surface area contributed by atoms with Gasteiger partial charge in [0.1, 0.15) is 0 Å². The first-order valence-electron chi connectivity index (χ1n) is 7.23. The largest absolute Gasteiger partial charge is 0.309 e. The summed E-state index contributed by atoms with van der Waals surface area (Å²) in [6.45, 7) is 7.66. The summed E-state index contributed by atoms with van der Waals surface area (Å²) in [4.78, 5) is 4.68. The van der Waals surface area contributed by atoms with Gasteiger partial charge in [0, 0.05) is 18.0 Å². The van der Waals surface area contributed by atoms with Crippen molar-refractivity contribution in [1.29, 1.82) is 0 Å². The topological polar surface area (TPSA) is 24.9 Å². The van der Waals surface area contributed by atoms with Gasteiger partial charge in [0.25, 0.3) is 0 Å². The molecule has 2 rings (SSSR count). The third kappa shape index (κ3) is 4.32. The van der Waals surface area contributed by atoms with Crippen LogP contribution in [0.25, 0.3) is 10.9 Å². The van der Waals surface area contributed by atoms with Gasteiger partial charge in [0.15, 0.2) is 0 Å². The van der Waals surface area contributed by atoms with Crippen molar-refractivity contribution in [3.63, 3.8) is 0 Å². The third-order valence-electron chi connectivity index (χ3n) is 3.46. The Balaban J connectivity index is 1.90. The zero-order valence-electron chi connectivity index (χ0n) is 12.2. The number of fused-ring (bicyclic) bond motifs is 1. The normalized spacial score (nSPS) is 13.1. The predicted octanol–water partition coefficient (Wildman–Crippen LogP) is 4.15. The lowest BCUT2D eigenvalue weighted by molar-refractivity contribution is 0.449. The minimum absolute atomic E-state index is 0.552. The van der Waals surface area contributed by atoms with Crippen LogP contribution in [0.4, 0.5) is 0 Å². The van der Waals surface area contributed by atoms with Crippen LogP contribution in [0.5, 0.6) is 0 Å². The molecule has 1 aromatic heterocycles. The summed E-state index contributed by atoms with van der Waals surface area (Å²) in [6.07, 6.45) is 2.50. The van der Waals surface area contributed by atoms with Crippen LogP contribution in [0.1, 0.15) is 39.3 Å². The second kappa shape index (κ2) is 6.67. The third-order valence-corrected chi connectivity index (χ3v) is 3.46. The molecule has 2 nitrogen and oxygen atoms in total. The van der Waals surface area contributed by atoms with Crippen molar-refractivity contribution in [3.05, 3.63) is 42.1 Å². The molecule has 1 unspecified atom stereocenters. The summed E-state index contributed by atoms with van der Waals surface area (Å²) in [5, 5.41) is 4.76. The zero-order valence-corrected chi connectivity index (χ0v) is 12.2. The summed E-state index contributed by atoms with van der Waals surface area (Å²) < 4.78 is 0. The highest BCUT2D eigenvalue weighted by Gasteiger charge is 2.04. The molecule has 2 heteroatoms. The van der Waals surface area contributed by atoms with Gasteiger partial charge >= 0.3 is 0 Å². The lowest BCUT2D eigenvalue weighted by atomic mass is 10.0. The molecule has 102 valence electrons. The minimum Gasteiger partial charge on any atom is -0.309 e. The fourth-order valence-electron chi connectivity index (χ4n) is 2.17. The maximum Gasteiger partial charge on any atom is 0.0705 e. The van der Waals surface area contributed by atoms with Gasteiger partial charge in [-0.25, -0.2) is 0 Å². The van der Waals surface area contributed by atoms with E-state index in [1.54, 1.807) is 0 Å². The van der Waals surface area contributed by atoms with Crippen LogP contribution in [-0.2, 0) is 6.54 Å². The SMILES string of the molecule is CC(C)CCC(C)NCc1ccc2ccccc2n1. The number of hydrogen-bond acceptors (Lipinski definition) is 2. The van der Waals surface area contributed by atoms with Crippen molar-refractivity contribution in [2.75, 3.05) is 0 Å². The number of aromatic nitrogens is 1. The zero-order chi connectivity index (χ0) is 13.7. The van der Waals surface area contributed by atoms with Crippen LogP contribution in [-0.4, -0.2) is 11.0 Å². The molecule has 0 spiro atoms. The molecule has 2 aromatic rings. The van der Waals surface area contributed by atoms with E-state index in [0.717, 1.165) is 23.7 Å². The first-order valence-corrected chi connectivity index (χ1v) is 7.23. The van der Waals surface area contributed by atoms with Gasteiger partial charge in [-0.3, -0.25) is 4.98 Å². The highest BCUT2D eigenvalue weighted by molar-refractivity contribution is 5.78. The molecule has 0 bridgehead atoms. The molecule has 0 saturated carbocycles. The standard InChI is InChI=1S/C17H24N2/c1-13(2)8-9-14(3)18-12-16-11-10-15-6-4-5-7-17(15)19-16/h4-7,10-11,13-14,18H,8-9,12H2,1-3H3. The fourth-order valence-corrected chi connectivity index (χ4v) is 2.17. The molecule has 0 fully saturated rings. The molecular weight excluding hydrogens is 232 g/mol. The fraction of sp³-hybridized carbons (Fsp3) is 0.471. The highest BCUT2D eigenvalue weighted by atomic mass is 14.9. The van der Waals surface area contributed by atoms with Crippen LogP contribution in [0, 0.1) is 5.92 Å². The van der Waals surface area contributed by atoms with Crippen molar-refractivity contribution in [2.24, 2.45) is 5.92 Å². The Bertz CT molecular complexity index is 519. The average molecular weight is 256 g/mol. The molecule has 0 aliphatic carbocycles. The number of para-hydroxylation sites is 1. The van der Waals surface area contributed by atoms with Gasteiger partial charge in [0.2, 0.25) is 0 Å². The molecule has 1 aromatic carbocycles. The number of nitrogens with one attached hydrogen (secondary N) is 1. The summed E-state index contributed by atoms with van der Waals surface area (Å²) in [7, 11) is 0. The monoisotopic (exact) mass is 256 g/mol. The summed E-state index contributed by atoms with van der Waals surface area (Å²) in [6, 6.07) is 13.1. The number of pyridine rings is 1. The van der Waals surface area contributed by atoms with Crippen LogP contribution >= 0.6 is 0 Å². The molecule has 0 aliphatic rings. The summed E-state index contributed by atoms with van der Waals surface area (Å²) in [5.41, 5.74) is 2.20. The Hall–Kier alpha value is -1.41. The van der Waals surface area contributed by atoms with Crippen LogP contribution in [0.2, 0.25) is 0 Å². The average Bonchev–Trinajstić information content (AvgIpc) is 2.42. The first-order chi connectivity index (χ1) is 9.15. The van der Waals surface area contributed by atoms with Crippen molar-refractivity contribution < 1.29 is 0 Å². The predicted molar refractivity (Wildman–Crippen MR) is 82.1 cm³/mol. The van der Waals surface area contributed by atoms with E-state index in [0.29, 0.717) is 6.04 Å².